The summed E-state index contributed by atoms with van der Waals surface area (Å²) in [5, 5.41) is 6.08. The van der Waals surface area contributed by atoms with E-state index in [1.807, 2.05) is 6.92 Å². The molecule has 4 N–H and O–H groups in total. The normalized spacial score (nSPS) is 16.7. The highest BCUT2D eigenvalue weighted by Crippen LogP contribution is 2.28. The lowest BCUT2D eigenvalue weighted by molar-refractivity contribution is -0.120. The number of carbonyl (C=O) groups excluding carboxylic acids is 3. The molecule has 0 bridgehead atoms. The predicted molar refractivity (Wildman–Crippen MR) is 145 cm³/mol. The molecule has 3 amide bonds. The first-order valence-corrected chi connectivity index (χ1v) is 14.1. The Labute approximate surface area is 222 Å². The van der Waals surface area contributed by atoms with Gasteiger partial charge in [-0.15, -0.1) is 0 Å². The second-order valence-corrected chi connectivity index (χ2v) is 10.6. The highest BCUT2D eigenvalue weighted by molar-refractivity contribution is 7.09. The van der Waals surface area contributed by atoms with Gasteiger partial charge in [0.05, 0.1) is 12.3 Å². The van der Waals surface area contributed by atoms with E-state index in [-0.39, 0.29) is 46.7 Å². The zero-order chi connectivity index (χ0) is 26.2. The molecule has 2 saturated carbocycles. The van der Waals surface area contributed by atoms with Gasteiger partial charge in [-0.25, -0.2) is 0 Å². The Bertz CT molecular complexity index is 1070. The molecule has 2 fully saturated rings. The number of carbonyl (C=O) groups is 3. The molecule has 0 spiro atoms. The van der Waals surface area contributed by atoms with Crippen molar-refractivity contribution in [1.29, 1.82) is 0 Å². The Kier molecular flexibility index (Phi) is 9.38. The van der Waals surface area contributed by atoms with Gasteiger partial charge >= 0.3 is 0 Å². The molecule has 2 aromatic rings. The van der Waals surface area contributed by atoms with Gasteiger partial charge in [0.1, 0.15) is 17.2 Å². The molecule has 0 unspecified atom stereocenters. The summed E-state index contributed by atoms with van der Waals surface area (Å²) in [4.78, 5) is 41.1. The van der Waals surface area contributed by atoms with Gasteiger partial charge in [0, 0.05) is 17.8 Å². The molecule has 0 saturated heterocycles. The van der Waals surface area contributed by atoms with E-state index < -0.39 is 5.91 Å². The number of nitrogens with one attached hydrogen (secondary N) is 2. The second kappa shape index (κ2) is 12.9. The number of hydrogen-bond acceptors (Lipinski definition) is 7. The molecule has 2 aliphatic rings. The van der Waals surface area contributed by atoms with E-state index in [0.717, 1.165) is 62.9 Å². The number of aromatic nitrogens is 1. The molecule has 200 valence electrons. The first-order valence-electron chi connectivity index (χ1n) is 13.4. The maximum Gasteiger partial charge on any atom is 0.273 e. The zero-order valence-electron chi connectivity index (χ0n) is 21.5. The van der Waals surface area contributed by atoms with Crippen molar-refractivity contribution in [2.75, 3.05) is 23.8 Å². The molecule has 1 aromatic carbocycles. The van der Waals surface area contributed by atoms with Crippen LogP contribution in [-0.4, -0.2) is 47.3 Å². The van der Waals surface area contributed by atoms with Gasteiger partial charge in [0.2, 0.25) is 5.91 Å². The molecule has 10 heteroatoms. The van der Waals surface area contributed by atoms with Crippen molar-refractivity contribution in [3.63, 3.8) is 0 Å². The Morgan fingerprint density at radius 1 is 0.973 bits per heavy atom. The second-order valence-electron chi connectivity index (χ2n) is 9.80. The average molecular weight is 528 g/mol. The minimum Gasteiger partial charge on any atom is -0.494 e. The Morgan fingerprint density at radius 2 is 1.57 bits per heavy atom. The summed E-state index contributed by atoms with van der Waals surface area (Å²) in [7, 11) is 0. The molecule has 0 atom stereocenters. The van der Waals surface area contributed by atoms with Crippen molar-refractivity contribution in [2.45, 2.75) is 83.2 Å². The fraction of sp³-hybridized carbons (Fsp3) is 0.556. The van der Waals surface area contributed by atoms with Crippen LogP contribution in [0.15, 0.2) is 24.3 Å². The van der Waals surface area contributed by atoms with E-state index in [9.17, 15) is 14.4 Å². The number of nitrogens with two attached hydrogens (primary N) is 1. The average Bonchev–Trinajstić information content (AvgIpc) is 3.30. The lowest BCUT2D eigenvalue weighted by Crippen LogP contribution is -2.45. The van der Waals surface area contributed by atoms with Crippen molar-refractivity contribution in [2.24, 2.45) is 0 Å². The minimum absolute atomic E-state index is 0.0481. The molecule has 37 heavy (non-hydrogen) atoms. The van der Waals surface area contributed by atoms with Gasteiger partial charge in [0.15, 0.2) is 5.69 Å². The minimum atomic E-state index is -0.463. The number of benzene rings is 1. The molecular formula is C27H37N5O4S. The summed E-state index contributed by atoms with van der Waals surface area (Å²) in [6.07, 6.45) is 10.5. The number of ether oxygens (including phenoxy) is 1. The van der Waals surface area contributed by atoms with Gasteiger partial charge in [-0.3, -0.25) is 19.3 Å². The van der Waals surface area contributed by atoms with Crippen LogP contribution in [0.3, 0.4) is 0 Å². The molecule has 0 aliphatic heterocycles. The van der Waals surface area contributed by atoms with Crippen LogP contribution in [0.5, 0.6) is 5.75 Å². The monoisotopic (exact) mass is 527 g/mol. The first-order chi connectivity index (χ1) is 18.0. The maximum atomic E-state index is 13.7. The third kappa shape index (κ3) is 7.00. The number of rotatable bonds is 9. The lowest BCUT2D eigenvalue weighted by Gasteiger charge is -2.26. The topological polar surface area (TPSA) is 127 Å². The number of hydrogen-bond donors (Lipinski definition) is 3. The van der Waals surface area contributed by atoms with Crippen LogP contribution in [0, 0.1) is 0 Å². The van der Waals surface area contributed by atoms with Crippen LogP contribution in [0.25, 0.3) is 0 Å². The third-order valence-corrected chi connectivity index (χ3v) is 7.91. The van der Waals surface area contributed by atoms with Crippen LogP contribution < -0.4 is 26.0 Å². The van der Waals surface area contributed by atoms with Gasteiger partial charge in [-0.2, -0.15) is 4.37 Å². The fourth-order valence-corrected chi connectivity index (χ4v) is 5.82. The van der Waals surface area contributed by atoms with E-state index in [4.69, 9.17) is 10.5 Å². The van der Waals surface area contributed by atoms with Crippen LogP contribution in [0.4, 0.5) is 11.4 Å². The van der Waals surface area contributed by atoms with Gasteiger partial charge < -0.3 is 21.1 Å². The Balaban J connectivity index is 1.53. The van der Waals surface area contributed by atoms with Crippen LogP contribution in [0.1, 0.15) is 91.3 Å². The van der Waals surface area contributed by atoms with Gasteiger partial charge in [-0.1, -0.05) is 38.5 Å². The summed E-state index contributed by atoms with van der Waals surface area (Å²) in [6.45, 7) is 2.26. The standard InChI is InChI=1S/C27H37N5O4S/c1-2-36-21-15-13-20(14-16-21)32(17-22(33)29-18-9-5-3-6-10-18)27(35)25-23(28)24(31-37-25)26(34)30-19-11-7-4-8-12-19/h13-16,18-19H,2-12,17,28H2,1H3,(H,29,33)(H,30,34). The predicted octanol–water partition coefficient (Wildman–Crippen LogP) is 4.28. The molecule has 0 radical (unpaired) electrons. The molecule has 4 rings (SSSR count). The van der Waals surface area contributed by atoms with E-state index in [1.54, 1.807) is 24.3 Å². The zero-order valence-corrected chi connectivity index (χ0v) is 22.3. The number of nitrogen functional groups attached to an aromatic ring is 1. The largest absolute Gasteiger partial charge is 0.494 e. The molecule has 1 aromatic heterocycles. The summed E-state index contributed by atoms with van der Waals surface area (Å²) in [6, 6.07) is 7.23. The maximum absolute atomic E-state index is 13.7. The van der Waals surface area contributed by atoms with Crippen LogP contribution in [0.2, 0.25) is 0 Å². The summed E-state index contributed by atoms with van der Waals surface area (Å²) >= 11 is 0.888. The van der Waals surface area contributed by atoms with Gasteiger partial charge in [-0.05, 0) is 68.4 Å². The van der Waals surface area contributed by atoms with Crippen molar-refractivity contribution in [3.05, 3.63) is 34.8 Å². The van der Waals surface area contributed by atoms with Crippen LogP contribution >= 0.6 is 11.5 Å². The highest BCUT2D eigenvalue weighted by Gasteiger charge is 2.29. The highest BCUT2D eigenvalue weighted by atomic mass is 32.1. The fourth-order valence-electron chi connectivity index (χ4n) is 5.07. The summed E-state index contributed by atoms with van der Waals surface area (Å²) in [5.74, 6) is -0.381. The molecule has 1 heterocycles. The van der Waals surface area contributed by atoms with Crippen molar-refractivity contribution in [3.8, 4) is 5.75 Å². The number of anilines is 2. The third-order valence-electron chi connectivity index (χ3n) is 7.05. The number of amides is 3. The van der Waals surface area contributed by atoms with Crippen molar-refractivity contribution < 1.29 is 19.1 Å². The van der Waals surface area contributed by atoms with Crippen molar-refractivity contribution in [1.82, 2.24) is 15.0 Å². The SMILES string of the molecule is CCOc1ccc(N(CC(=O)NC2CCCCC2)C(=O)c2snc(C(=O)NC3CCCCC3)c2N)cc1. The lowest BCUT2D eigenvalue weighted by atomic mass is 9.95. The van der Waals surface area contributed by atoms with Gasteiger partial charge in [0.25, 0.3) is 11.8 Å². The smallest absolute Gasteiger partial charge is 0.273 e. The van der Waals surface area contributed by atoms with E-state index >= 15 is 0 Å². The van der Waals surface area contributed by atoms with E-state index in [0.29, 0.717) is 18.0 Å². The Hall–Kier alpha value is -3.14. The van der Waals surface area contributed by atoms with E-state index in [1.165, 1.54) is 17.7 Å². The van der Waals surface area contributed by atoms with Crippen LogP contribution in [-0.2, 0) is 4.79 Å². The summed E-state index contributed by atoms with van der Waals surface area (Å²) < 4.78 is 9.75. The first kappa shape index (κ1) is 26.9. The Morgan fingerprint density at radius 3 is 2.16 bits per heavy atom. The molecule has 2 aliphatic carbocycles. The number of nitrogens with zero attached hydrogens (tertiary/aromatic N) is 2. The molecule has 9 nitrogen and oxygen atoms in total. The van der Waals surface area contributed by atoms with Crippen molar-refractivity contribution >= 4 is 40.6 Å². The quantitative estimate of drug-likeness (QED) is 0.447. The molecular weight excluding hydrogens is 490 g/mol. The summed E-state index contributed by atoms with van der Waals surface area (Å²) in [5.41, 5.74) is 6.94. The van der Waals surface area contributed by atoms with E-state index in [2.05, 4.69) is 15.0 Å².